The third-order valence-corrected chi connectivity index (χ3v) is 3.35. The molecule has 0 radical (unpaired) electrons. The predicted molar refractivity (Wildman–Crippen MR) is 84.0 cm³/mol. The number of nitrogens with two attached hydrogens (primary N) is 2. The van der Waals surface area contributed by atoms with Crippen LogP contribution in [-0.4, -0.2) is 36.3 Å². The van der Waals surface area contributed by atoms with Gasteiger partial charge in [-0.2, -0.15) is 4.98 Å². The molecule has 0 atom stereocenters. The van der Waals surface area contributed by atoms with Gasteiger partial charge < -0.3 is 20.5 Å². The van der Waals surface area contributed by atoms with E-state index in [1.54, 1.807) is 7.11 Å². The quantitative estimate of drug-likeness (QED) is 0.551. The Hall–Kier alpha value is -2.58. The highest BCUT2D eigenvalue weighted by molar-refractivity contribution is 5.70. The molecule has 1 aliphatic rings. The largest absolute Gasteiger partial charge is 0.497 e. The summed E-state index contributed by atoms with van der Waals surface area (Å²) in [5.41, 5.74) is 7.07. The summed E-state index contributed by atoms with van der Waals surface area (Å²) in [6, 6.07) is 7.51. The molecule has 5 N–H and O–H groups in total. The summed E-state index contributed by atoms with van der Waals surface area (Å²) < 4.78 is 10.2. The number of methoxy groups -OCH3 is 1. The van der Waals surface area contributed by atoms with E-state index in [1.807, 2.05) is 24.3 Å². The topological polar surface area (TPSA) is 112 Å². The van der Waals surface area contributed by atoms with E-state index in [1.165, 1.54) is 11.2 Å². The first-order chi connectivity index (χ1) is 10.7. The lowest BCUT2D eigenvalue weighted by atomic mass is 10.2. The minimum Gasteiger partial charge on any atom is -0.497 e. The SMILES string of the molecule is COc1ccc(N(N)c2nc(NC3COC3)ncc2N)cc1. The average Bonchev–Trinajstić information content (AvgIpc) is 2.52. The maximum atomic E-state index is 6.12. The van der Waals surface area contributed by atoms with Gasteiger partial charge in [0.15, 0.2) is 5.82 Å². The van der Waals surface area contributed by atoms with E-state index in [-0.39, 0.29) is 6.04 Å². The normalized spacial score (nSPS) is 14.3. The van der Waals surface area contributed by atoms with Crippen LogP contribution < -0.4 is 26.6 Å². The molecule has 0 unspecified atom stereocenters. The van der Waals surface area contributed by atoms with E-state index in [4.69, 9.17) is 21.1 Å². The van der Waals surface area contributed by atoms with E-state index in [0.29, 0.717) is 30.7 Å². The van der Waals surface area contributed by atoms with Crippen LogP contribution in [0.25, 0.3) is 0 Å². The summed E-state index contributed by atoms with van der Waals surface area (Å²) in [6.45, 7) is 1.29. The fraction of sp³-hybridized carbons (Fsp3) is 0.286. The molecule has 8 nitrogen and oxygen atoms in total. The van der Waals surface area contributed by atoms with Gasteiger partial charge in [-0.3, -0.25) is 5.01 Å². The van der Waals surface area contributed by atoms with Crippen molar-refractivity contribution in [2.24, 2.45) is 5.84 Å². The van der Waals surface area contributed by atoms with Gasteiger partial charge in [-0.25, -0.2) is 10.8 Å². The number of hydrazine groups is 1. The molecule has 2 heterocycles. The Labute approximate surface area is 128 Å². The Kier molecular flexibility index (Phi) is 3.94. The molecular weight excluding hydrogens is 284 g/mol. The van der Waals surface area contributed by atoms with Crippen molar-refractivity contribution >= 4 is 23.1 Å². The first-order valence-electron chi connectivity index (χ1n) is 6.83. The zero-order valence-electron chi connectivity index (χ0n) is 12.2. The lowest BCUT2D eigenvalue weighted by Gasteiger charge is -2.27. The van der Waals surface area contributed by atoms with E-state index in [9.17, 15) is 0 Å². The molecule has 2 aromatic rings. The number of nitrogen functional groups attached to an aromatic ring is 1. The lowest BCUT2D eigenvalue weighted by Crippen LogP contribution is -2.41. The van der Waals surface area contributed by atoms with Crippen molar-refractivity contribution < 1.29 is 9.47 Å². The van der Waals surface area contributed by atoms with Gasteiger partial charge in [0.25, 0.3) is 0 Å². The second-order valence-electron chi connectivity index (χ2n) is 4.92. The number of anilines is 4. The van der Waals surface area contributed by atoms with Crippen LogP contribution in [0.5, 0.6) is 5.75 Å². The highest BCUT2D eigenvalue weighted by Crippen LogP contribution is 2.27. The van der Waals surface area contributed by atoms with E-state index >= 15 is 0 Å². The minimum absolute atomic E-state index is 0.226. The zero-order chi connectivity index (χ0) is 15.5. The summed E-state index contributed by atoms with van der Waals surface area (Å²) in [5, 5.41) is 4.58. The molecule has 1 aromatic carbocycles. The van der Waals surface area contributed by atoms with E-state index in [2.05, 4.69) is 15.3 Å². The molecule has 116 valence electrons. The Bertz CT molecular complexity index is 644. The van der Waals surface area contributed by atoms with Crippen LogP contribution in [0.1, 0.15) is 0 Å². The van der Waals surface area contributed by atoms with Gasteiger partial charge in [0.2, 0.25) is 5.95 Å². The molecule has 0 amide bonds. The molecule has 1 aromatic heterocycles. The number of aromatic nitrogens is 2. The molecule has 0 spiro atoms. The summed E-state index contributed by atoms with van der Waals surface area (Å²) in [4.78, 5) is 8.54. The Morgan fingerprint density at radius 3 is 2.64 bits per heavy atom. The number of rotatable bonds is 5. The van der Waals surface area contributed by atoms with Crippen molar-refractivity contribution in [1.82, 2.24) is 9.97 Å². The number of ether oxygens (including phenoxy) is 2. The number of nitrogens with one attached hydrogen (secondary N) is 1. The van der Waals surface area contributed by atoms with Crippen LogP contribution >= 0.6 is 0 Å². The van der Waals surface area contributed by atoms with Crippen LogP contribution in [0.15, 0.2) is 30.5 Å². The first-order valence-corrected chi connectivity index (χ1v) is 6.83. The molecule has 1 fully saturated rings. The second-order valence-corrected chi connectivity index (χ2v) is 4.92. The van der Waals surface area contributed by atoms with Crippen LogP contribution in [0.4, 0.5) is 23.1 Å². The fourth-order valence-corrected chi connectivity index (χ4v) is 2.01. The standard InChI is InChI=1S/C14H18N6O2/c1-21-11-4-2-10(3-5-11)20(16)13-12(15)6-17-14(19-13)18-9-7-22-8-9/h2-6,9H,7-8,15-16H2,1H3,(H,17,18,19). The molecule has 1 saturated heterocycles. The summed E-state index contributed by atoms with van der Waals surface area (Å²) in [5.74, 6) is 7.78. The van der Waals surface area contributed by atoms with Crippen molar-refractivity contribution in [3.8, 4) is 5.75 Å². The molecular formula is C14H18N6O2. The third kappa shape index (κ3) is 2.87. The number of nitrogens with zero attached hydrogens (tertiary/aromatic N) is 3. The molecule has 22 heavy (non-hydrogen) atoms. The zero-order valence-corrected chi connectivity index (χ0v) is 12.2. The second kappa shape index (κ2) is 6.04. The molecule has 0 saturated carbocycles. The lowest BCUT2D eigenvalue weighted by molar-refractivity contribution is 0.0208. The van der Waals surface area contributed by atoms with Crippen LogP contribution in [-0.2, 0) is 4.74 Å². The van der Waals surface area contributed by atoms with E-state index < -0.39 is 0 Å². The highest BCUT2D eigenvalue weighted by Gasteiger charge is 2.20. The first kappa shape index (κ1) is 14.4. The minimum atomic E-state index is 0.226. The van der Waals surface area contributed by atoms with Gasteiger partial charge in [-0.15, -0.1) is 0 Å². The fourth-order valence-electron chi connectivity index (χ4n) is 2.01. The molecule has 1 aliphatic heterocycles. The van der Waals surface area contributed by atoms with Crippen molar-refractivity contribution in [3.63, 3.8) is 0 Å². The Balaban J connectivity index is 1.82. The summed E-state index contributed by atoms with van der Waals surface area (Å²) >= 11 is 0. The molecule has 0 aliphatic carbocycles. The van der Waals surface area contributed by atoms with Gasteiger partial charge in [0, 0.05) is 0 Å². The number of benzene rings is 1. The average molecular weight is 302 g/mol. The van der Waals surface area contributed by atoms with Crippen LogP contribution in [0, 0.1) is 0 Å². The maximum absolute atomic E-state index is 6.12. The van der Waals surface area contributed by atoms with Crippen LogP contribution in [0.2, 0.25) is 0 Å². The predicted octanol–water partition coefficient (Wildman–Crippen LogP) is 0.890. The van der Waals surface area contributed by atoms with Crippen LogP contribution in [0.3, 0.4) is 0 Å². The van der Waals surface area contributed by atoms with Gasteiger partial charge >= 0.3 is 0 Å². The number of hydrogen-bond acceptors (Lipinski definition) is 8. The monoisotopic (exact) mass is 302 g/mol. The highest BCUT2D eigenvalue weighted by atomic mass is 16.5. The van der Waals surface area contributed by atoms with Crippen molar-refractivity contribution in [3.05, 3.63) is 30.5 Å². The molecule has 0 bridgehead atoms. The molecule has 3 rings (SSSR count). The maximum Gasteiger partial charge on any atom is 0.225 e. The molecule has 8 heteroatoms. The number of hydrogen-bond donors (Lipinski definition) is 3. The van der Waals surface area contributed by atoms with E-state index in [0.717, 1.165) is 11.4 Å². The summed E-state index contributed by atoms with van der Waals surface area (Å²) in [6.07, 6.45) is 1.54. The van der Waals surface area contributed by atoms with Gasteiger partial charge in [-0.05, 0) is 24.3 Å². The van der Waals surface area contributed by atoms with Gasteiger partial charge in [0.1, 0.15) is 5.75 Å². The van der Waals surface area contributed by atoms with Gasteiger partial charge in [-0.1, -0.05) is 0 Å². The Morgan fingerprint density at radius 2 is 2.05 bits per heavy atom. The van der Waals surface area contributed by atoms with Gasteiger partial charge in [0.05, 0.1) is 43.9 Å². The van der Waals surface area contributed by atoms with Crippen molar-refractivity contribution in [2.75, 3.05) is 36.4 Å². The van der Waals surface area contributed by atoms with Crippen molar-refractivity contribution in [1.29, 1.82) is 0 Å². The Morgan fingerprint density at radius 1 is 1.32 bits per heavy atom. The summed E-state index contributed by atoms with van der Waals surface area (Å²) in [7, 11) is 1.61. The van der Waals surface area contributed by atoms with Crippen molar-refractivity contribution in [2.45, 2.75) is 6.04 Å². The smallest absolute Gasteiger partial charge is 0.225 e. The third-order valence-electron chi connectivity index (χ3n) is 3.35.